The number of epoxide rings is 1. The second-order valence-corrected chi connectivity index (χ2v) is 19.8. The van der Waals surface area contributed by atoms with Gasteiger partial charge in [0.05, 0.1) is 18.8 Å². The fraction of sp³-hybridized carbons (Fsp3) is 0.787. The Balaban J connectivity index is 1.82. The first-order chi connectivity index (χ1) is 31.6. The monoisotopic (exact) mass is 981 g/mol. The van der Waals surface area contributed by atoms with Crippen molar-refractivity contribution in [2.45, 2.75) is 223 Å². The SMILES string of the molecule is CCCCC/C=C\C/C=C\CC1OC1C/C=C\CCCC(=O)O[C@H](COC(=O)CCCCCCCCC/C=C\CCCCCC)COP(=O)(O)O[C@H]1C(O)C(O)C(O)[C@@H](OP(=O)(O)O)C1O. The summed E-state index contributed by atoms with van der Waals surface area (Å²) in [4.78, 5) is 54.4. The summed E-state index contributed by atoms with van der Waals surface area (Å²) in [6.07, 6.45) is 25.2. The molecule has 19 heteroatoms. The van der Waals surface area contributed by atoms with Gasteiger partial charge in [-0.1, -0.05) is 127 Å². The zero-order valence-electron chi connectivity index (χ0n) is 39.3. The van der Waals surface area contributed by atoms with Gasteiger partial charge in [0.25, 0.3) is 0 Å². The summed E-state index contributed by atoms with van der Waals surface area (Å²) < 4.78 is 55.1. The van der Waals surface area contributed by atoms with Gasteiger partial charge in [0, 0.05) is 12.8 Å². The van der Waals surface area contributed by atoms with Gasteiger partial charge >= 0.3 is 27.6 Å². The largest absolute Gasteiger partial charge is 0.472 e. The molecule has 7 unspecified atom stereocenters. The maximum Gasteiger partial charge on any atom is 0.472 e. The van der Waals surface area contributed by atoms with Crippen LogP contribution in [0.4, 0.5) is 0 Å². The molecule has 1 heterocycles. The van der Waals surface area contributed by atoms with E-state index >= 15 is 0 Å². The molecule has 0 amide bonds. The minimum absolute atomic E-state index is 0.0417. The number of aliphatic hydroxyl groups excluding tert-OH is 4. The normalized spacial score (nSPS) is 25.0. The first-order valence-electron chi connectivity index (χ1n) is 24.3. The highest BCUT2D eigenvalue weighted by Crippen LogP contribution is 2.49. The first kappa shape index (κ1) is 60.0. The maximum atomic E-state index is 13.0. The van der Waals surface area contributed by atoms with Gasteiger partial charge in [0.2, 0.25) is 0 Å². The summed E-state index contributed by atoms with van der Waals surface area (Å²) >= 11 is 0. The lowest BCUT2D eigenvalue weighted by Gasteiger charge is -2.43. The van der Waals surface area contributed by atoms with Crippen molar-refractivity contribution in [3.8, 4) is 0 Å². The quantitative estimate of drug-likeness (QED) is 0.0100. The number of carbonyl (C=O) groups is 2. The highest BCUT2D eigenvalue weighted by Gasteiger charge is 2.54. The summed E-state index contributed by atoms with van der Waals surface area (Å²) in [5, 5.41) is 41.3. The van der Waals surface area contributed by atoms with Crippen LogP contribution in [-0.4, -0.2) is 115 Å². The predicted octanol–water partition coefficient (Wildman–Crippen LogP) is 8.27. The summed E-state index contributed by atoms with van der Waals surface area (Å²) in [5.74, 6) is -1.28. The molecule has 0 aromatic carbocycles. The minimum Gasteiger partial charge on any atom is -0.462 e. The third kappa shape index (κ3) is 28.4. The Hall–Kier alpha value is -2.08. The Kier molecular flexibility index (Phi) is 31.9. The van der Waals surface area contributed by atoms with Gasteiger partial charge < -0.3 is 49.3 Å². The second-order valence-electron chi connectivity index (χ2n) is 17.2. The molecule has 17 nitrogen and oxygen atoms in total. The van der Waals surface area contributed by atoms with Crippen LogP contribution in [0.15, 0.2) is 48.6 Å². The molecule has 7 N–H and O–H groups in total. The third-order valence-electron chi connectivity index (χ3n) is 11.3. The Labute approximate surface area is 392 Å². The molecule has 1 aliphatic carbocycles. The lowest BCUT2D eigenvalue weighted by atomic mass is 9.85. The van der Waals surface area contributed by atoms with E-state index < -0.39 is 83.5 Å². The van der Waals surface area contributed by atoms with Crippen molar-refractivity contribution in [3.63, 3.8) is 0 Å². The molecule has 0 spiro atoms. The zero-order valence-corrected chi connectivity index (χ0v) is 41.1. The van der Waals surface area contributed by atoms with E-state index in [0.29, 0.717) is 19.3 Å². The van der Waals surface area contributed by atoms with Crippen LogP contribution in [0.1, 0.15) is 168 Å². The van der Waals surface area contributed by atoms with Crippen molar-refractivity contribution in [3.05, 3.63) is 48.6 Å². The van der Waals surface area contributed by atoms with Crippen LogP contribution in [0.2, 0.25) is 0 Å². The maximum absolute atomic E-state index is 13.0. The van der Waals surface area contributed by atoms with Gasteiger partial charge in [-0.15, -0.1) is 0 Å². The van der Waals surface area contributed by atoms with Crippen LogP contribution in [0.25, 0.3) is 0 Å². The Bertz CT molecular complexity index is 1530. The lowest BCUT2D eigenvalue weighted by Crippen LogP contribution is -2.64. The topological polar surface area (TPSA) is 269 Å². The third-order valence-corrected chi connectivity index (χ3v) is 12.8. The average Bonchev–Trinajstić information content (AvgIpc) is 4.03. The fourth-order valence-electron chi connectivity index (χ4n) is 7.35. The van der Waals surface area contributed by atoms with Crippen LogP contribution in [0, 0.1) is 0 Å². The number of allylic oxidation sites excluding steroid dienone is 6. The van der Waals surface area contributed by atoms with Crippen LogP contribution in [0.5, 0.6) is 0 Å². The molecule has 2 rings (SSSR count). The van der Waals surface area contributed by atoms with Crippen LogP contribution in [-0.2, 0) is 46.5 Å². The van der Waals surface area contributed by atoms with E-state index in [1.807, 2.05) is 12.2 Å². The number of aliphatic hydroxyl groups is 4. The average molecular weight is 981 g/mol. The molecule has 0 aromatic rings. The molecule has 66 heavy (non-hydrogen) atoms. The van der Waals surface area contributed by atoms with E-state index in [0.717, 1.165) is 77.0 Å². The number of phosphoric ester groups is 2. The van der Waals surface area contributed by atoms with Crippen molar-refractivity contribution in [2.75, 3.05) is 13.2 Å². The molecular weight excluding hydrogens is 898 g/mol. The van der Waals surface area contributed by atoms with Crippen molar-refractivity contribution in [2.24, 2.45) is 0 Å². The minimum atomic E-state index is -5.37. The molecule has 10 atom stereocenters. The zero-order chi connectivity index (χ0) is 48.6. The Morgan fingerprint density at radius 2 is 1.02 bits per heavy atom. The van der Waals surface area contributed by atoms with E-state index in [-0.39, 0.29) is 25.0 Å². The van der Waals surface area contributed by atoms with E-state index in [2.05, 4.69) is 54.8 Å². The Morgan fingerprint density at radius 3 is 1.64 bits per heavy atom. The van der Waals surface area contributed by atoms with Gasteiger partial charge in [-0.05, 0) is 77.0 Å². The highest BCUT2D eigenvalue weighted by atomic mass is 31.2. The fourth-order valence-corrected chi connectivity index (χ4v) is 8.89. The Morgan fingerprint density at radius 1 is 0.545 bits per heavy atom. The number of hydrogen-bond donors (Lipinski definition) is 7. The van der Waals surface area contributed by atoms with Crippen LogP contribution < -0.4 is 0 Å². The molecule has 0 bridgehead atoms. The van der Waals surface area contributed by atoms with Crippen LogP contribution >= 0.6 is 15.6 Å². The van der Waals surface area contributed by atoms with Gasteiger partial charge in [0.15, 0.2) is 6.10 Å². The summed E-state index contributed by atoms with van der Waals surface area (Å²) in [5.41, 5.74) is 0. The van der Waals surface area contributed by atoms with Crippen LogP contribution in [0.3, 0.4) is 0 Å². The first-order valence-corrected chi connectivity index (χ1v) is 27.3. The molecule has 1 saturated carbocycles. The number of hydrogen-bond acceptors (Lipinski definition) is 14. The standard InChI is InChI=1S/C47H82O17P2/c1-3-5-7-9-11-13-14-15-16-17-18-20-22-24-29-33-40(48)59-35-37(36-60-66(57,58)64-47-44(52)42(50)43(51)46(45(47)53)63-65(54,55)56)61-41(49)34-30-26-25-28-32-39-38(62-39)31-27-23-21-19-12-10-8-6-4-2/h12-14,19,23,25,27-28,37-39,42-47,50-53H,3-11,15-18,20-22,24,26,29-36H2,1-2H3,(H,57,58)(H2,54,55,56)/b14-13-,19-12-,27-23-,28-25-/t37-,38?,39?,42?,43?,44?,45?,46-,47+/m1/s1. The van der Waals surface area contributed by atoms with Crippen molar-refractivity contribution in [1.82, 2.24) is 0 Å². The van der Waals surface area contributed by atoms with Gasteiger partial charge in [-0.2, -0.15) is 0 Å². The molecule has 0 aromatic heterocycles. The summed E-state index contributed by atoms with van der Waals surface area (Å²) in [6.45, 7) is 3.01. The molecular formula is C47H82O17P2. The molecule has 1 aliphatic heterocycles. The van der Waals surface area contributed by atoms with Gasteiger partial charge in [0.1, 0.15) is 43.2 Å². The van der Waals surface area contributed by atoms with E-state index in [1.165, 1.54) is 44.9 Å². The molecule has 0 radical (unpaired) electrons. The highest BCUT2D eigenvalue weighted by molar-refractivity contribution is 7.47. The summed E-state index contributed by atoms with van der Waals surface area (Å²) in [6, 6.07) is 0. The van der Waals surface area contributed by atoms with Crippen molar-refractivity contribution >= 4 is 27.6 Å². The number of rotatable bonds is 39. The molecule has 382 valence electrons. The lowest BCUT2D eigenvalue weighted by molar-refractivity contribution is -0.216. The number of phosphoric acid groups is 2. The number of ether oxygens (including phenoxy) is 3. The number of unbranched alkanes of at least 4 members (excludes halogenated alkanes) is 15. The smallest absolute Gasteiger partial charge is 0.462 e. The molecule has 2 aliphatic rings. The van der Waals surface area contributed by atoms with Gasteiger partial charge in [-0.3, -0.25) is 23.2 Å². The van der Waals surface area contributed by atoms with Gasteiger partial charge in [-0.25, -0.2) is 9.13 Å². The number of carbonyl (C=O) groups excluding carboxylic acids is 2. The number of esters is 2. The van der Waals surface area contributed by atoms with Crippen molar-refractivity contribution in [1.29, 1.82) is 0 Å². The molecule has 2 fully saturated rings. The van der Waals surface area contributed by atoms with E-state index in [9.17, 15) is 53.8 Å². The van der Waals surface area contributed by atoms with Crippen molar-refractivity contribution < 1.29 is 81.6 Å². The summed E-state index contributed by atoms with van der Waals surface area (Å²) in [7, 11) is -10.7. The second kappa shape index (κ2) is 35.1. The van der Waals surface area contributed by atoms with E-state index in [1.54, 1.807) is 0 Å². The van der Waals surface area contributed by atoms with E-state index in [4.69, 9.17) is 23.3 Å². The predicted molar refractivity (Wildman–Crippen MR) is 250 cm³/mol. The molecule has 1 saturated heterocycles.